The quantitative estimate of drug-likeness (QED) is 0.180. The Morgan fingerprint density at radius 1 is 0.854 bits per heavy atom. The van der Waals surface area contributed by atoms with Gasteiger partial charge in [0.2, 0.25) is 0 Å². The Morgan fingerprint density at radius 3 is 2.02 bits per heavy atom. The van der Waals surface area contributed by atoms with Crippen molar-refractivity contribution in [3.05, 3.63) is 114 Å². The van der Waals surface area contributed by atoms with E-state index in [1.54, 1.807) is 12.1 Å². The molecule has 0 aliphatic carbocycles. The SMILES string of the molecule is O=C1N[C@@H](CC[C@H](O)c2ccc(F)cc2)[C@@H](c2ccc(-c3ccc(P(=O)(O)O)cc3)cc2O)N1c1ccc(F)cc1. The minimum atomic E-state index is -4.40. The van der Waals surface area contributed by atoms with Gasteiger partial charge in [0.25, 0.3) is 0 Å². The lowest BCUT2D eigenvalue weighted by atomic mass is 9.91. The van der Waals surface area contributed by atoms with Crippen LogP contribution in [-0.4, -0.2) is 32.1 Å². The molecule has 2 amide bonds. The van der Waals surface area contributed by atoms with Crippen molar-refractivity contribution in [2.75, 3.05) is 4.90 Å². The molecule has 0 unspecified atom stereocenters. The molecule has 0 spiro atoms. The fourth-order valence-electron chi connectivity index (χ4n) is 5.09. The van der Waals surface area contributed by atoms with E-state index in [1.807, 2.05) is 0 Å². The molecular weight excluding hydrogens is 553 g/mol. The molecule has 1 aliphatic rings. The van der Waals surface area contributed by atoms with E-state index in [1.165, 1.54) is 83.8 Å². The van der Waals surface area contributed by atoms with Crippen molar-refractivity contribution >= 4 is 24.6 Å². The van der Waals surface area contributed by atoms with E-state index in [4.69, 9.17) is 0 Å². The number of halogens is 2. The monoisotopic (exact) mass is 580 g/mol. The summed E-state index contributed by atoms with van der Waals surface area (Å²) in [6.07, 6.45) is -0.382. The van der Waals surface area contributed by atoms with E-state index in [9.17, 15) is 38.1 Å². The molecule has 4 aromatic rings. The summed E-state index contributed by atoms with van der Waals surface area (Å²) in [7, 11) is -4.40. The molecule has 1 heterocycles. The number of aliphatic hydroxyl groups is 1. The van der Waals surface area contributed by atoms with E-state index in [0.29, 0.717) is 34.4 Å². The molecule has 5 rings (SSSR count). The van der Waals surface area contributed by atoms with E-state index in [0.717, 1.165) is 0 Å². The Hall–Kier alpha value is -4.08. The summed E-state index contributed by atoms with van der Waals surface area (Å²) >= 11 is 0. The molecule has 41 heavy (non-hydrogen) atoms. The van der Waals surface area contributed by atoms with Gasteiger partial charge in [-0.2, -0.15) is 0 Å². The van der Waals surface area contributed by atoms with Crippen molar-refractivity contribution in [3.8, 4) is 16.9 Å². The molecule has 0 bridgehead atoms. The fourth-order valence-corrected chi connectivity index (χ4v) is 5.63. The average molecular weight is 581 g/mol. The molecule has 1 fully saturated rings. The average Bonchev–Trinajstić information content (AvgIpc) is 3.27. The van der Waals surface area contributed by atoms with Crippen LogP contribution in [0.3, 0.4) is 0 Å². The Balaban J connectivity index is 1.46. The van der Waals surface area contributed by atoms with E-state index >= 15 is 0 Å². The lowest BCUT2D eigenvalue weighted by molar-refractivity contribution is 0.159. The minimum Gasteiger partial charge on any atom is -0.508 e. The summed E-state index contributed by atoms with van der Waals surface area (Å²) in [6.45, 7) is 0. The van der Waals surface area contributed by atoms with Crippen LogP contribution in [0, 0.1) is 11.6 Å². The predicted molar refractivity (Wildman–Crippen MR) is 150 cm³/mol. The Kier molecular flexibility index (Phi) is 7.93. The first kappa shape index (κ1) is 28.4. The van der Waals surface area contributed by atoms with Gasteiger partial charge >= 0.3 is 13.6 Å². The molecule has 0 aromatic heterocycles. The van der Waals surface area contributed by atoms with Crippen molar-refractivity contribution < 1.29 is 38.1 Å². The van der Waals surface area contributed by atoms with Gasteiger partial charge in [-0.15, -0.1) is 0 Å². The molecule has 212 valence electrons. The van der Waals surface area contributed by atoms with Crippen LogP contribution in [-0.2, 0) is 4.57 Å². The third-order valence-corrected chi connectivity index (χ3v) is 8.15. The number of hydrogen-bond donors (Lipinski definition) is 5. The highest BCUT2D eigenvalue weighted by molar-refractivity contribution is 7.60. The summed E-state index contributed by atoms with van der Waals surface area (Å²) in [5.74, 6) is -1.02. The van der Waals surface area contributed by atoms with Crippen LogP contribution in [0.25, 0.3) is 11.1 Å². The second kappa shape index (κ2) is 11.4. The van der Waals surface area contributed by atoms with Crippen molar-refractivity contribution in [2.24, 2.45) is 0 Å². The molecule has 4 aromatic carbocycles. The topological polar surface area (TPSA) is 130 Å². The molecular formula is C30H27F2N2O6P. The van der Waals surface area contributed by atoms with Crippen molar-refractivity contribution in [3.63, 3.8) is 0 Å². The fraction of sp³-hybridized carbons (Fsp3) is 0.167. The highest BCUT2D eigenvalue weighted by atomic mass is 31.2. The first-order chi connectivity index (χ1) is 19.5. The highest BCUT2D eigenvalue weighted by Gasteiger charge is 2.42. The van der Waals surface area contributed by atoms with Gasteiger partial charge in [0, 0.05) is 11.3 Å². The number of benzene rings is 4. The zero-order valence-electron chi connectivity index (χ0n) is 21.6. The number of amides is 2. The molecule has 3 atom stereocenters. The number of phenolic OH excluding ortho intramolecular Hbond substituents is 1. The molecule has 8 nitrogen and oxygen atoms in total. The van der Waals surface area contributed by atoms with E-state index < -0.39 is 43.4 Å². The van der Waals surface area contributed by atoms with Gasteiger partial charge in [-0.1, -0.05) is 36.4 Å². The third-order valence-electron chi connectivity index (χ3n) is 7.18. The van der Waals surface area contributed by atoms with Crippen molar-refractivity contribution in [2.45, 2.75) is 31.0 Å². The van der Waals surface area contributed by atoms with Gasteiger partial charge < -0.3 is 25.3 Å². The Morgan fingerprint density at radius 2 is 1.44 bits per heavy atom. The molecule has 1 aliphatic heterocycles. The Labute approximate surface area is 234 Å². The number of carbonyl (C=O) groups is 1. The summed E-state index contributed by atoms with van der Waals surface area (Å²) in [4.78, 5) is 33.4. The molecule has 0 radical (unpaired) electrons. The normalized spacial score (nSPS) is 17.9. The number of aromatic hydroxyl groups is 1. The molecule has 5 N–H and O–H groups in total. The summed E-state index contributed by atoms with van der Waals surface area (Å²) in [6, 6.07) is 19.7. The number of nitrogens with one attached hydrogen (secondary N) is 1. The van der Waals surface area contributed by atoms with Gasteiger partial charge in [-0.25, -0.2) is 13.6 Å². The first-order valence-corrected chi connectivity index (χ1v) is 14.4. The molecule has 0 saturated carbocycles. The maximum Gasteiger partial charge on any atom is 0.356 e. The second-order valence-corrected chi connectivity index (χ2v) is 11.5. The lowest BCUT2D eigenvalue weighted by Crippen LogP contribution is -2.29. The first-order valence-electron chi connectivity index (χ1n) is 12.8. The van der Waals surface area contributed by atoms with Gasteiger partial charge in [-0.05, 0) is 84.1 Å². The maximum absolute atomic E-state index is 13.7. The van der Waals surface area contributed by atoms with Crippen LogP contribution in [0.15, 0.2) is 91.0 Å². The molecule has 1 saturated heterocycles. The summed E-state index contributed by atoms with van der Waals surface area (Å²) in [5, 5.41) is 24.6. The van der Waals surface area contributed by atoms with Gasteiger partial charge in [0.05, 0.1) is 23.5 Å². The molecule has 11 heteroatoms. The smallest absolute Gasteiger partial charge is 0.356 e. The van der Waals surface area contributed by atoms with E-state index in [2.05, 4.69) is 5.32 Å². The standard InChI is InChI=1S/C30H27F2N2O6P/c31-21-6-1-19(2-7-21)27(35)16-15-26-29(34(30(37)33-26)23-10-8-22(32)9-11-23)25-14-5-20(17-28(25)36)18-3-12-24(13-4-18)41(38,39)40/h1-14,17,26-27,29,35-36H,15-16H2,(H,33,37)(H2,38,39,40)/t26-,27-,29+/m0/s1. The number of phenols is 1. The second-order valence-electron chi connectivity index (χ2n) is 9.86. The summed E-state index contributed by atoms with van der Waals surface area (Å²) in [5.41, 5.74) is 2.53. The number of nitrogens with zero attached hydrogens (tertiary/aromatic N) is 1. The zero-order chi connectivity index (χ0) is 29.3. The van der Waals surface area contributed by atoms with Crippen LogP contribution < -0.4 is 15.5 Å². The van der Waals surface area contributed by atoms with E-state index in [-0.39, 0.29) is 17.5 Å². The van der Waals surface area contributed by atoms with Gasteiger partial charge in [0.1, 0.15) is 17.4 Å². The number of anilines is 1. The van der Waals surface area contributed by atoms with Crippen LogP contribution in [0.1, 0.15) is 36.1 Å². The lowest BCUT2D eigenvalue weighted by Gasteiger charge is -2.28. The summed E-state index contributed by atoms with van der Waals surface area (Å²) < 4.78 is 38.5. The van der Waals surface area contributed by atoms with Crippen LogP contribution >= 0.6 is 7.60 Å². The van der Waals surface area contributed by atoms with Gasteiger partial charge in [-0.3, -0.25) is 9.46 Å². The third kappa shape index (κ3) is 6.16. The zero-order valence-corrected chi connectivity index (χ0v) is 22.5. The maximum atomic E-state index is 13.7. The highest BCUT2D eigenvalue weighted by Crippen LogP contribution is 2.42. The number of aliphatic hydroxyl groups excluding tert-OH is 1. The van der Waals surface area contributed by atoms with Crippen LogP contribution in [0.4, 0.5) is 19.3 Å². The number of hydrogen-bond acceptors (Lipinski definition) is 4. The Bertz CT molecular complexity index is 1590. The number of carbonyl (C=O) groups excluding carboxylic acids is 1. The van der Waals surface area contributed by atoms with Crippen molar-refractivity contribution in [1.82, 2.24) is 5.32 Å². The number of urea groups is 1. The largest absolute Gasteiger partial charge is 0.508 e. The van der Waals surface area contributed by atoms with Crippen LogP contribution in [0.2, 0.25) is 0 Å². The van der Waals surface area contributed by atoms with Gasteiger partial charge in [0.15, 0.2) is 0 Å². The minimum absolute atomic E-state index is 0.126. The van der Waals surface area contributed by atoms with Crippen LogP contribution in [0.5, 0.6) is 5.75 Å². The number of rotatable bonds is 8. The predicted octanol–water partition coefficient (Wildman–Crippen LogP) is 5.29. The van der Waals surface area contributed by atoms with Crippen molar-refractivity contribution in [1.29, 1.82) is 0 Å².